The van der Waals surface area contributed by atoms with Gasteiger partial charge in [0.1, 0.15) is 0 Å². The van der Waals surface area contributed by atoms with Gasteiger partial charge in [0.2, 0.25) is 0 Å². The molecule has 0 atom stereocenters. The van der Waals surface area contributed by atoms with Gasteiger partial charge in [0.05, 0.1) is 0 Å². The first-order valence-corrected chi connectivity index (χ1v) is 21.8. The average Bonchev–Trinajstić information content (AvgIpc) is 3.20. The molecule has 4 heteroatoms. The molecule has 0 aliphatic rings. The first-order valence-electron chi connectivity index (χ1n) is 17.2. The van der Waals surface area contributed by atoms with Crippen LogP contribution in [0.4, 0.5) is 0 Å². The van der Waals surface area contributed by atoms with Crippen LogP contribution in [0.1, 0.15) is 0 Å². The van der Waals surface area contributed by atoms with Crippen LogP contribution < -0.4 is 37.3 Å². The third kappa shape index (κ3) is 8.21. The van der Waals surface area contributed by atoms with Crippen molar-refractivity contribution in [3.05, 3.63) is 212 Å². The van der Waals surface area contributed by atoms with Crippen LogP contribution in [0, 0.1) is 0 Å². The highest BCUT2D eigenvalue weighted by molar-refractivity contribution is 7.81. The van der Waals surface area contributed by atoms with Gasteiger partial charge in [0.25, 0.3) is 0 Å². The molecular weight excluding hydrogens is 644 g/mol. The molecule has 240 valence electrons. The second-order valence-corrected chi connectivity index (χ2v) is 19.5. The molecule has 0 nitrogen and oxygen atoms in total. The fourth-order valence-electron chi connectivity index (χ4n) is 7.13. The van der Waals surface area contributed by atoms with Gasteiger partial charge in [0.15, 0.2) is 0 Å². The molecule has 7 rings (SSSR count). The number of hydrogen-bond donors (Lipinski definition) is 0. The Kier molecular flexibility index (Phi) is 11.3. The van der Waals surface area contributed by atoms with E-state index in [0.29, 0.717) is 0 Å². The van der Waals surface area contributed by atoms with E-state index in [1.807, 2.05) is 0 Å². The van der Waals surface area contributed by atoms with E-state index in [1.54, 1.807) is 0 Å². The Morgan fingerprint density at radius 3 is 0.633 bits per heavy atom. The standard InChI is InChI=1S/C45H41BP3/c1-8-22-39(23-9-1)46(36-47(40-24-10-2-11-25-40)41-26-12-3-13-27-41,37-48(42-28-14-4-15-29-42)43-30-16-5-17-31-43)38-49(44-32-18-6-19-33-44)45-34-20-7-21-35-45/h1-35H,36-38H2/q-1. The van der Waals surface area contributed by atoms with Gasteiger partial charge in [-0.05, 0) is 31.8 Å². The molecule has 0 unspecified atom stereocenters. The van der Waals surface area contributed by atoms with E-state index in [4.69, 9.17) is 0 Å². The highest BCUT2D eigenvalue weighted by Gasteiger charge is 2.36. The zero-order valence-corrected chi connectivity index (χ0v) is 30.4. The van der Waals surface area contributed by atoms with Crippen LogP contribution >= 0.6 is 23.8 Å². The maximum Gasteiger partial charge on any atom is 0.0432 e. The molecule has 49 heavy (non-hydrogen) atoms. The third-order valence-electron chi connectivity index (χ3n) is 9.51. The summed E-state index contributed by atoms with van der Waals surface area (Å²) in [6.45, 7) is 0. The summed E-state index contributed by atoms with van der Waals surface area (Å²) in [5, 5.41) is 8.74. The molecule has 0 fully saturated rings. The quantitative estimate of drug-likeness (QED) is 0.0846. The predicted molar refractivity (Wildman–Crippen MR) is 224 cm³/mol. The zero-order chi connectivity index (χ0) is 33.1. The van der Waals surface area contributed by atoms with Crippen LogP contribution in [-0.4, -0.2) is 24.3 Å². The van der Waals surface area contributed by atoms with E-state index in [2.05, 4.69) is 212 Å². The van der Waals surface area contributed by atoms with Gasteiger partial charge in [-0.15, -0.1) is 18.2 Å². The maximum absolute atomic E-state index is 2.45. The summed E-state index contributed by atoms with van der Waals surface area (Å²) >= 11 is 0. The van der Waals surface area contributed by atoms with Crippen LogP contribution in [0.2, 0.25) is 0 Å². The van der Waals surface area contributed by atoms with Crippen LogP contribution in [0.5, 0.6) is 0 Å². The summed E-state index contributed by atoms with van der Waals surface area (Å²) in [5.41, 5.74) is 1.51. The fourth-order valence-corrected chi connectivity index (χ4v) is 16.6. The Bertz CT molecular complexity index is 1650. The molecule has 7 aromatic carbocycles. The summed E-state index contributed by atoms with van der Waals surface area (Å²) in [4.78, 5) is 0. The Labute approximate surface area is 296 Å². The molecule has 0 saturated carbocycles. The summed E-state index contributed by atoms with van der Waals surface area (Å²) < 4.78 is 0. The third-order valence-corrected chi connectivity index (χ3v) is 18.2. The number of hydrogen-bond acceptors (Lipinski definition) is 0. The Morgan fingerprint density at radius 2 is 0.429 bits per heavy atom. The lowest BCUT2D eigenvalue weighted by Crippen LogP contribution is -2.60. The Morgan fingerprint density at radius 1 is 0.245 bits per heavy atom. The SMILES string of the molecule is c1ccc(P(C[B-](CP(c2ccccc2)c2ccccc2)(CP(c2ccccc2)c2ccccc2)c2ccccc2)c2ccccc2)cc1. The van der Waals surface area contributed by atoms with E-state index in [-0.39, 0.29) is 0 Å². The molecule has 0 amide bonds. The molecular formula is C45H41BP3-. The van der Waals surface area contributed by atoms with Crippen molar-refractivity contribution in [3.8, 4) is 0 Å². The minimum Gasteiger partial charge on any atom is -0.209 e. The Balaban J connectivity index is 1.48. The maximum atomic E-state index is 2.45. The van der Waals surface area contributed by atoms with E-state index in [0.717, 1.165) is 18.2 Å². The minimum atomic E-state index is -1.14. The summed E-state index contributed by atoms with van der Waals surface area (Å²) in [5.74, 6) is 0. The second kappa shape index (κ2) is 16.5. The molecule has 0 spiro atoms. The van der Waals surface area contributed by atoms with E-state index in [9.17, 15) is 0 Å². The summed E-state index contributed by atoms with van der Waals surface area (Å²) in [6, 6.07) is 83.2. The second-order valence-electron chi connectivity index (χ2n) is 12.7. The lowest BCUT2D eigenvalue weighted by molar-refractivity contribution is 1.59. The van der Waals surface area contributed by atoms with Crippen LogP contribution in [0.15, 0.2) is 212 Å². The molecule has 0 aliphatic heterocycles. The van der Waals surface area contributed by atoms with Gasteiger partial charge in [-0.1, -0.05) is 236 Å². The van der Waals surface area contributed by atoms with Crippen molar-refractivity contribution in [2.75, 3.05) is 18.2 Å². The molecule has 0 radical (unpaired) electrons. The summed E-state index contributed by atoms with van der Waals surface area (Å²) in [7, 11) is -1.95. The first-order chi connectivity index (χ1) is 24.3. The largest absolute Gasteiger partial charge is 0.209 e. The lowest BCUT2D eigenvalue weighted by atomic mass is 9.25. The topological polar surface area (TPSA) is 0 Å². The smallest absolute Gasteiger partial charge is 0.0432 e. The number of benzene rings is 7. The fraction of sp³-hybridized carbons (Fsp3) is 0.0667. The highest BCUT2D eigenvalue weighted by Crippen LogP contribution is 2.47. The van der Waals surface area contributed by atoms with Gasteiger partial charge in [-0.25, -0.2) is 5.46 Å². The molecule has 0 N–H and O–H groups in total. The Hall–Kier alpha value is -4.11. The lowest BCUT2D eigenvalue weighted by Gasteiger charge is -2.48. The normalized spacial score (nSPS) is 11.7. The minimum absolute atomic E-state index is 0.651. The van der Waals surface area contributed by atoms with Gasteiger partial charge in [-0.3, -0.25) is 0 Å². The molecule has 0 bridgehead atoms. The van der Waals surface area contributed by atoms with Crippen molar-refractivity contribution in [2.24, 2.45) is 0 Å². The van der Waals surface area contributed by atoms with Crippen molar-refractivity contribution in [1.82, 2.24) is 0 Å². The highest BCUT2D eigenvalue weighted by atomic mass is 31.1. The van der Waals surface area contributed by atoms with Gasteiger partial charge < -0.3 is 0 Å². The van der Waals surface area contributed by atoms with Crippen molar-refractivity contribution in [3.63, 3.8) is 0 Å². The molecule has 0 heterocycles. The van der Waals surface area contributed by atoms with Crippen LogP contribution in [0.3, 0.4) is 0 Å². The van der Waals surface area contributed by atoms with Gasteiger partial charge >= 0.3 is 0 Å². The van der Waals surface area contributed by atoms with E-state index in [1.165, 1.54) is 37.3 Å². The molecule has 0 aliphatic carbocycles. The number of rotatable bonds is 13. The van der Waals surface area contributed by atoms with Crippen molar-refractivity contribution >= 4 is 67.2 Å². The zero-order valence-electron chi connectivity index (χ0n) is 27.7. The first kappa shape index (κ1) is 33.4. The van der Waals surface area contributed by atoms with Gasteiger partial charge in [-0.2, -0.15) is 0 Å². The average molecular weight is 686 g/mol. The van der Waals surface area contributed by atoms with Crippen molar-refractivity contribution in [2.45, 2.75) is 0 Å². The molecule has 0 saturated heterocycles. The van der Waals surface area contributed by atoms with Crippen LogP contribution in [0.25, 0.3) is 0 Å². The molecule has 0 aromatic heterocycles. The van der Waals surface area contributed by atoms with E-state index >= 15 is 0 Å². The molecule has 7 aromatic rings. The summed E-state index contributed by atoms with van der Waals surface area (Å²) in [6.07, 6.45) is -1.14. The predicted octanol–water partition coefficient (Wildman–Crippen LogP) is 8.36. The van der Waals surface area contributed by atoms with Crippen LogP contribution in [-0.2, 0) is 0 Å². The van der Waals surface area contributed by atoms with Crippen molar-refractivity contribution < 1.29 is 0 Å². The van der Waals surface area contributed by atoms with Crippen molar-refractivity contribution in [1.29, 1.82) is 0 Å². The monoisotopic (exact) mass is 685 g/mol. The van der Waals surface area contributed by atoms with E-state index < -0.39 is 29.9 Å². The van der Waals surface area contributed by atoms with Gasteiger partial charge in [0, 0.05) is 6.15 Å².